The van der Waals surface area contributed by atoms with Crippen molar-refractivity contribution in [1.82, 2.24) is 4.31 Å². The zero-order valence-electron chi connectivity index (χ0n) is 11.1. The van der Waals surface area contributed by atoms with Gasteiger partial charge in [-0.2, -0.15) is 4.31 Å². The van der Waals surface area contributed by atoms with E-state index in [9.17, 15) is 12.8 Å². The molecule has 0 aliphatic rings. The zero-order valence-corrected chi connectivity index (χ0v) is 14.2. The summed E-state index contributed by atoms with van der Waals surface area (Å²) in [5.74, 6) is -0.929. The highest BCUT2D eigenvalue weighted by Crippen LogP contribution is 2.25. The van der Waals surface area contributed by atoms with Crippen molar-refractivity contribution in [3.63, 3.8) is 0 Å². The van der Waals surface area contributed by atoms with E-state index >= 15 is 0 Å². The minimum absolute atomic E-state index is 0.140. The van der Waals surface area contributed by atoms with Gasteiger partial charge in [-0.1, -0.05) is 45.7 Å². The van der Waals surface area contributed by atoms with E-state index in [-0.39, 0.29) is 11.6 Å². The van der Waals surface area contributed by atoms with Gasteiger partial charge in [-0.25, -0.2) is 12.8 Å². The number of hydrogen-bond donors (Lipinski definition) is 0. The third-order valence-corrected chi connectivity index (χ3v) is 5.56. The average molecular weight is 393 g/mol. The van der Waals surface area contributed by atoms with Crippen LogP contribution in [0, 0.1) is 5.82 Å². The molecule has 112 valence electrons. The van der Waals surface area contributed by atoms with Crippen LogP contribution < -0.4 is 0 Å². The molecule has 0 aromatic heterocycles. The summed E-state index contributed by atoms with van der Waals surface area (Å²) in [7, 11) is -2.54. The van der Waals surface area contributed by atoms with Crippen LogP contribution in [0.3, 0.4) is 0 Å². The van der Waals surface area contributed by atoms with Gasteiger partial charge in [0.15, 0.2) is 5.82 Å². The molecule has 2 aromatic rings. The van der Waals surface area contributed by atoms with Crippen molar-refractivity contribution >= 4 is 37.6 Å². The van der Waals surface area contributed by atoms with Crippen LogP contribution in [0.5, 0.6) is 0 Å². The topological polar surface area (TPSA) is 37.4 Å². The lowest BCUT2D eigenvalue weighted by atomic mass is 10.2. The van der Waals surface area contributed by atoms with Crippen LogP contribution in [0.2, 0.25) is 5.02 Å². The predicted molar refractivity (Wildman–Crippen MR) is 84.2 cm³/mol. The maximum Gasteiger partial charge on any atom is 0.246 e. The largest absolute Gasteiger partial charge is 0.246 e. The van der Waals surface area contributed by atoms with Crippen molar-refractivity contribution < 1.29 is 12.8 Å². The Kier molecular flexibility index (Phi) is 5.03. The molecule has 0 saturated heterocycles. The van der Waals surface area contributed by atoms with Gasteiger partial charge in [-0.15, -0.1) is 0 Å². The number of benzene rings is 2. The molecule has 0 unspecified atom stereocenters. The molecule has 3 nitrogen and oxygen atoms in total. The molecular formula is C14H12BrClFNO2S. The lowest BCUT2D eigenvalue weighted by molar-refractivity contribution is 0.460. The quantitative estimate of drug-likeness (QED) is 0.787. The van der Waals surface area contributed by atoms with Crippen molar-refractivity contribution in [3.05, 3.63) is 63.3 Å². The molecule has 0 amide bonds. The van der Waals surface area contributed by atoms with Crippen molar-refractivity contribution in [3.8, 4) is 0 Å². The van der Waals surface area contributed by atoms with Gasteiger partial charge in [0.25, 0.3) is 0 Å². The Balaban J connectivity index is 2.30. The smallest absolute Gasteiger partial charge is 0.207 e. The molecule has 0 atom stereocenters. The molecule has 2 aromatic carbocycles. The molecular weight excluding hydrogens is 381 g/mol. The summed E-state index contributed by atoms with van der Waals surface area (Å²) in [6.07, 6.45) is 0. The molecule has 0 aliphatic heterocycles. The second kappa shape index (κ2) is 6.44. The summed E-state index contributed by atoms with van der Waals surface area (Å²) in [6, 6.07) is 11.1. The van der Waals surface area contributed by atoms with Crippen molar-refractivity contribution in [2.24, 2.45) is 0 Å². The van der Waals surface area contributed by atoms with Crippen LogP contribution in [0.15, 0.2) is 51.8 Å². The molecule has 0 saturated carbocycles. The first-order valence-corrected chi connectivity index (χ1v) is 8.58. The third kappa shape index (κ3) is 3.63. The van der Waals surface area contributed by atoms with Crippen molar-refractivity contribution in [2.45, 2.75) is 11.4 Å². The fourth-order valence-corrected chi connectivity index (χ4v) is 3.52. The van der Waals surface area contributed by atoms with Gasteiger partial charge in [0.2, 0.25) is 10.0 Å². The van der Waals surface area contributed by atoms with Gasteiger partial charge < -0.3 is 0 Å². The maximum atomic E-state index is 13.9. The van der Waals surface area contributed by atoms with Gasteiger partial charge >= 0.3 is 0 Å². The standard InChI is InChI=1S/C14H12BrClFNO2S/c1-18(9-10-5-7-11(15)8-6-10)21(19,20)13-4-2-3-12(16)14(13)17/h2-8H,9H2,1H3. The number of hydrogen-bond acceptors (Lipinski definition) is 2. The summed E-state index contributed by atoms with van der Waals surface area (Å²) >= 11 is 8.95. The summed E-state index contributed by atoms with van der Waals surface area (Å²) in [4.78, 5) is -0.422. The monoisotopic (exact) mass is 391 g/mol. The van der Waals surface area contributed by atoms with E-state index in [4.69, 9.17) is 11.6 Å². The molecule has 0 heterocycles. The molecule has 0 fully saturated rings. The molecule has 0 bridgehead atoms. The van der Waals surface area contributed by atoms with E-state index in [1.54, 1.807) is 12.1 Å². The summed E-state index contributed by atoms with van der Waals surface area (Å²) in [5.41, 5.74) is 0.798. The lowest BCUT2D eigenvalue weighted by Gasteiger charge is -2.18. The zero-order chi connectivity index (χ0) is 15.6. The molecule has 21 heavy (non-hydrogen) atoms. The number of rotatable bonds is 4. The van der Waals surface area contributed by atoms with E-state index in [0.29, 0.717) is 0 Å². The number of sulfonamides is 1. The van der Waals surface area contributed by atoms with Gasteiger partial charge in [0.05, 0.1) is 5.02 Å². The summed E-state index contributed by atoms with van der Waals surface area (Å²) in [6.45, 7) is 0.140. The molecule has 2 rings (SSSR count). The van der Waals surface area contributed by atoms with Crippen molar-refractivity contribution in [2.75, 3.05) is 7.05 Å². The Hall–Kier alpha value is -0.950. The second-order valence-electron chi connectivity index (χ2n) is 4.44. The maximum absolute atomic E-state index is 13.9. The highest BCUT2D eigenvalue weighted by Gasteiger charge is 2.25. The first kappa shape index (κ1) is 16.4. The second-order valence-corrected chi connectivity index (χ2v) is 7.78. The average Bonchev–Trinajstić information content (AvgIpc) is 2.44. The first-order valence-electron chi connectivity index (χ1n) is 5.97. The summed E-state index contributed by atoms with van der Waals surface area (Å²) in [5, 5.41) is -0.215. The predicted octanol–water partition coefficient (Wildman–Crippen LogP) is 4.06. The van der Waals surface area contributed by atoms with Crippen LogP contribution in [0.4, 0.5) is 4.39 Å². The van der Waals surface area contributed by atoms with E-state index in [1.165, 1.54) is 25.2 Å². The highest BCUT2D eigenvalue weighted by molar-refractivity contribution is 9.10. The minimum atomic E-state index is -3.94. The molecule has 0 spiro atoms. The van der Waals surface area contributed by atoms with Crippen LogP contribution in [-0.2, 0) is 16.6 Å². The van der Waals surface area contributed by atoms with Gasteiger partial charge in [-0.3, -0.25) is 0 Å². The molecule has 0 aliphatic carbocycles. The van der Waals surface area contributed by atoms with Crippen LogP contribution >= 0.6 is 27.5 Å². The Morgan fingerprint density at radius 2 is 1.81 bits per heavy atom. The summed E-state index contributed by atoms with van der Waals surface area (Å²) < 4.78 is 40.7. The Morgan fingerprint density at radius 3 is 2.43 bits per heavy atom. The number of nitrogens with zero attached hydrogens (tertiary/aromatic N) is 1. The fraction of sp³-hybridized carbons (Fsp3) is 0.143. The Labute approximate surface area is 136 Å². The molecule has 7 heteroatoms. The minimum Gasteiger partial charge on any atom is -0.207 e. The van der Waals surface area contributed by atoms with E-state index in [0.717, 1.165) is 14.3 Å². The fourth-order valence-electron chi connectivity index (χ4n) is 1.78. The third-order valence-electron chi connectivity index (χ3n) is 2.92. The SMILES string of the molecule is CN(Cc1ccc(Br)cc1)S(=O)(=O)c1cccc(Cl)c1F. The molecule has 0 radical (unpaired) electrons. The van der Waals surface area contributed by atoms with E-state index in [2.05, 4.69) is 15.9 Å². The van der Waals surface area contributed by atoms with Crippen molar-refractivity contribution in [1.29, 1.82) is 0 Å². The van der Waals surface area contributed by atoms with Crippen LogP contribution in [0.25, 0.3) is 0 Å². The van der Waals surface area contributed by atoms with E-state index in [1.807, 2.05) is 12.1 Å². The van der Waals surface area contributed by atoms with Crippen LogP contribution in [-0.4, -0.2) is 19.8 Å². The van der Waals surface area contributed by atoms with Gasteiger partial charge in [0.1, 0.15) is 4.90 Å². The molecule has 0 N–H and O–H groups in total. The first-order chi connectivity index (χ1) is 9.82. The highest BCUT2D eigenvalue weighted by atomic mass is 79.9. The van der Waals surface area contributed by atoms with Gasteiger partial charge in [0, 0.05) is 18.1 Å². The Morgan fingerprint density at radius 1 is 1.19 bits per heavy atom. The number of halogens is 3. The van der Waals surface area contributed by atoms with Crippen LogP contribution in [0.1, 0.15) is 5.56 Å². The van der Waals surface area contributed by atoms with E-state index < -0.39 is 20.7 Å². The van der Waals surface area contributed by atoms with Gasteiger partial charge in [-0.05, 0) is 29.8 Å². The normalized spacial score (nSPS) is 11.9. The Bertz CT molecular complexity index is 750. The lowest BCUT2D eigenvalue weighted by Crippen LogP contribution is -2.27.